The Kier molecular flexibility index (Phi) is 4.92. The van der Waals surface area contributed by atoms with Gasteiger partial charge in [0.2, 0.25) is 0 Å². The summed E-state index contributed by atoms with van der Waals surface area (Å²) < 4.78 is 13.0. The molecule has 1 aliphatic heterocycles. The fraction of sp³-hybridized carbons (Fsp3) is 0.526. The van der Waals surface area contributed by atoms with Gasteiger partial charge < -0.3 is 19.4 Å². The molecule has 1 fully saturated rings. The molecule has 1 saturated heterocycles. The van der Waals surface area contributed by atoms with Gasteiger partial charge in [-0.05, 0) is 32.8 Å². The van der Waals surface area contributed by atoms with E-state index in [1.165, 1.54) is 0 Å². The average molecular weight is 330 g/mol. The summed E-state index contributed by atoms with van der Waals surface area (Å²) in [6, 6.07) is 8.16. The van der Waals surface area contributed by atoms with Crippen LogP contribution in [0.1, 0.15) is 37.0 Å². The van der Waals surface area contributed by atoms with E-state index in [0.717, 1.165) is 35.9 Å². The Morgan fingerprint density at radius 3 is 2.96 bits per heavy atom. The Hall–Kier alpha value is -1.85. The van der Waals surface area contributed by atoms with E-state index in [2.05, 4.69) is 23.7 Å². The van der Waals surface area contributed by atoms with Crippen LogP contribution < -0.4 is 5.32 Å². The number of benzene rings is 1. The number of fused-ring (bicyclic) bond motifs is 1. The molecule has 0 radical (unpaired) electrons. The van der Waals surface area contributed by atoms with E-state index in [-0.39, 0.29) is 17.6 Å². The molecule has 5 heteroatoms. The molecule has 1 aliphatic rings. The third-order valence-corrected chi connectivity index (χ3v) is 4.60. The Balaban J connectivity index is 1.82. The van der Waals surface area contributed by atoms with Crippen molar-refractivity contribution in [2.24, 2.45) is 0 Å². The second-order valence-electron chi connectivity index (χ2n) is 7.02. The number of rotatable bonds is 5. The molecule has 2 heterocycles. The van der Waals surface area contributed by atoms with Crippen LogP contribution in [0.15, 0.2) is 30.5 Å². The zero-order valence-corrected chi connectivity index (χ0v) is 14.7. The molecule has 1 aromatic carbocycles. The second kappa shape index (κ2) is 6.95. The maximum atomic E-state index is 12.8. The van der Waals surface area contributed by atoms with Crippen molar-refractivity contribution in [2.45, 2.75) is 44.9 Å². The zero-order chi connectivity index (χ0) is 17.2. The highest BCUT2D eigenvalue weighted by Crippen LogP contribution is 2.25. The van der Waals surface area contributed by atoms with Crippen LogP contribution in [0.2, 0.25) is 0 Å². The first kappa shape index (κ1) is 17.0. The van der Waals surface area contributed by atoms with Gasteiger partial charge in [0.15, 0.2) is 0 Å². The average Bonchev–Trinajstić information content (AvgIpc) is 2.91. The minimum Gasteiger partial charge on any atom is -0.383 e. The molecule has 1 aromatic heterocycles. The van der Waals surface area contributed by atoms with Crippen molar-refractivity contribution >= 4 is 16.8 Å². The lowest BCUT2D eigenvalue weighted by Gasteiger charge is -2.35. The fourth-order valence-electron chi connectivity index (χ4n) is 3.42. The summed E-state index contributed by atoms with van der Waals surface area (Å²) in [7, 11) is 1.69. The van der Waals surface area contributed by atoms with Gasteiger partial charge >= 0.3 is 0 Å². The van der Waals surface area contributed by atoms with Gasteiger partial charge in [-0.2, -0.15) is 0 Å². The zero-order valence-electron chi connectivity index (χ0n) is 14.7. The molecule has 3 rings (SSSR count). The Labute approximate surface area is 142 Å². The van der Waals surface area contributed by atoms with E-state index >= 15 is 0 Å². The van der Waals surface area contributed by atoms with Crippen LogP contribution in [-0.4, -0.2) is 42.4 Å². The minimum atomic E-state index is -0.178. The van der Waals surface area contributed by atoms with Gasteiger partial charge in [-0.3, -0.25) is 4.79 Å². The van der Waals surface area contributed by atoms with E-state index in [1.807, 2.05) is 30.5 Å². The number of nitrogens with zero attached hydrogens (tertiary/aromatic N) is 1. The molecule has 5 nitrogen and oxygen atoms in total. The number of carbonyl (C=O) groups is 1. The van der Waals surface area contributed by atoms with Crippen LogP contribution >= 0.6 is 0 Å². The third-order valence-electron chi connectivity index (χ3n) is 4.60. The SMILES string of the molecule is COCCn1cc(C(=O)NC2CCOC(C)(C)C2)c2ccccc21. The maximum Gasteiger partial charge on any atom is 0.253 e. The summed E-state index contributed by atoms with van der Waals surface area (Å²) in [5.74, 6) is -0.00920. The molecular weight excluding hydrogens is 304 g/mol. The first-order chi connectivity index (χ1) is 11.5. The normalized spacial score (nSPS) is 20.2. The largest absolute Gasteiger partial charge is 0.383 e. The lowest BCUT2D eigenvalue weighted by molar-refractivity contribution is -0.0615. The molecule has 1 N–H and O–H groups in total. The van der Waals surface area contributed by atoms with Gasteiger partial charge in [0.25, 0.3) is 5.91 Å². The van der Waals surface area contributed by atoms with Crippen molar-refractivity contribution in [3.8, 4) is 0 Å². The van der Waals surface area contributed by atoms with Crippen LogP contribution in [0, 0.1) is 0 Å². The maximum absolute atomic E-state index is 12.8. The van der Waals surface area contributed by atoms with Crippen LogP contribution in [0.5, 0.6) is 0 Å². The van der Waals surface area contributed by atoms with Gasteiger partial charge in [-0.1, -0.05) is 18.2 Å². The van der Waals surface area contributed by atoms with Crippen molar-refractivity contribution in [3.63, 3.8) is 0 Å². The number of ether oxygens (including phenoxy) is 2. The summed E-state index contributed by atoms with van der Waals surface area (Å²) in [6.45, 7) is 6.18. The van der Waals surface area contributed by atoms with Crippen molar-refractivity contribution in [1.29, 1.82) is 0 Å². The van der Waals surface area contributed by atoms with Gasteiger partial charge in [-0.15, -0.1) is 0 Å². The minimum absolute atomic E-state index is 0.00920. The molecule has 24 heavy (non-hydrogen) atoms. The van der Waals surface area contributed by atoms with Crippen molar-refractivity contribution in [1.82, 2.24) is 9.88 Å². The first-order valence-electron chi connectivity index (χ1n) is 8.52. The summed E-state index contributed by atoms with van der Waals surface area (Å²) in [5.41, 5.74) is 1.61. The van der Waals surface area contributed by atoms with E-state index in [9.17, 15) is 4.79 Å². The van der Waals surface area contributed by atoms with Gasteiger partial charge in [0, 0.05) is 43.4 Å². The number of amides is 1. The molecule has 1 amide bonds. The van der Waals surface area contributed by atoms with E-state index in [1.54, 1.807) is 7.11 Å². The lowest BCUT2D eigenvalue weighted by atomic mass is 9.94. The lowest BCUT2D eigenvalue weighted by Crippen LogP contribution is -2.45. The highest BCUT2D eigenvalue weighted by atomic mass is 16.5. The number of aromatic nitrogens is 1. The van der Waals surface area contributed by atoms with E-state index in [4.69, 9.17) is 9.47 Å². The number of nitrogens with one attached hydrogen (secondary N) is 1. The molecular formula is C19H26N2O3. The first-order valence-corrected chi connectivity index (χ1v) is 8.52. The quantitative estimate of drug-likeness (QED) is 0.917. The van der Waals surface area contributed by atoms with Gasteiger partial charge in [0.1, 0.15) is 0 Å². The molecule has 0 aliphatic carbocycles. The smallest absolute Gasteiger partial charge is 0.253 e. The van der Waals surface area contributed by atoms with Crippen LogP contribution in [0.3, 0.4) is 0 Å². The number of methoxy groups -OCH3 is 1. The van der Waals surface area contributed by atoms with Crippen molar-refractivity contribution in [2.75, 3.05) is 20.3 Å². The van der Waals surface area contributed by atoms with Gasteiger partial charge in [-0.25, -0.2) is 0 Å². The summed E-state index contributed by atoms with van der Waals surface area (Å²) in [4.78, 5) is 12.8. The molecule has 2 aromatic rings. The Morgan fingerprint density at radius 2 is 2.21 bits per heavy atom. The number of hydrogen-bond donors (Lipinski definition) is 1. The van der Waals surface area contributed by atoms with Crippen molar-refractivity contribution in [3.05, 3.63) is 36.0 Å². The van der Waals surface area contributed by atoms with Crippen LogP contribution in [0.4, 0.5) is 0 Å². The van der Waals surface area contributed by atoms with Gasteiger partial charge in [0.05, 0.1) is 17.8 Å². The highest BCUT2D eigenvalue weighted by molar-refractivity contribution is 6.07. The second-order valence-corrected chi connectivity index (χ2v) is 7.02. The van der Waals surface area contributed by atoms with Crippen LogP contribution in [0.25, 0.3) is 10.9 Å². The number of hydrogen-bond acceptors (Lipinski definition) is 3. The van der Waals surface area contributed by atoms with Crippen LogP contribution in [-0.2, 0) is 16.0 Å². The van der Waals surface area contributed by atoms with Crippen molar-refractivity contribution < 1.29 is 14.3 Å². The van der Waals surface area contributed by atoms with E-state index < -0.39 is 0 Å². The predicted molar refractivity (Wildman–Crippen MR) is 94.3 cm³/mol. The Bertz CT molecular complexity index is 720. The third kappa shape index (κ3) is 3.62. The summed E-state index contributed by atoms with van der Waals surface area (Å²) in [5, 5.41) is 4.17. The molecule has 0 bridgehead atoms. The Morgan fingerprint density at radius 1 is 1.42 bits per heavy atom. The molecule has 1 atom stereocenters. The molecule has 1 unspecified atom stereocenters. The standard InChI is InChI=1S/C19H26N2O3/c1-19(2)12-14(8-10-24-19)20-18(22)16-13-21(9-11-23-3)17-7-5-4-6-15(16)17/h4-7,13-14H,8-12H2,1-3H3,(H,20,22). The predicted octanol–water partition coefficient (Wildman–Crippen LogP) is 2.98. The number of para-hydroxylation sites is 1. The molecule has 130 valence electrons. The topological polar surface area (TPSA) is 52.5 Å². The monoisotopic (exact) mass is 330 g/mol. The fourth-order valence-corrected chi connectivity index (χ4v) is 3.42. The summed E-state index contributed by atoms with van der Waals surface area (Å²) >= 11 is 0. The van der Waals surface area contributed by atoms with E-state index in [0.29, 0.717) is 13.2 Å². The number of carbonyl (C=O) groups excluding carboxylic acids is 1. The molecule has 0 spiro atoms. The molecule has 0 saturated carbocycles. The summed E-state index contributed by atoms with van der Waals surface area (Å²) in [6.07, 6.45) is 3.63. The highest BCUT2D eigenvalue weighted by Gasteiger charge is 2.30.